The zero-order valence-electron chi connectivity index (χ0n) is 11.7. The molecule has 2 rings (SSSR count). The molecule has 2 heterocycles. The summed E-state index contributed by atoms with van der Waals surface area (Å²) < 4.78 is 26.4. The molecule has 0 radical (unpaired) electrons. The molecular formula is C11H16ClN5O2S. The number of aromatic nitrogens is 5. The van der Waals surface area contributed by atoms with Gasteiger partial charge in [-0.15, -0.1) is 0 Å². The van der Waals surface area contributed by atoms with Gasteiger partial charge < -0.3 is 0 Å². The highest BCUT2D eigenvalue weighted by molar-refractivity contribution is 8.13. The summed E-state index contributed by atoms with van der Waals surface area (Å²) >= 11 is 0. The Morgan fingerprint density at radius 3 is 2.50 bits per heavy atom. The third-order valence-electron chi connectivity index (χ3n) is 2.99. The Labute approximate surface area is 122 Å². The number of halogens is 1. The standard InChI is InChI=1S/C11H16ClN5O2S/c1-7(2)17-10(13-6-14-17)5-16-9(4)11(8(3)15-16)20(12,18)19/h6-7H,5H2,1-4H3. The van der Waals surface area contributed by atoms with E-state index in [0.717, 1.165) is 0 Å². The topological polar surface area (TPSA) is 82.7 Å². The summed E-state index contributed by atoms with van der Waals surface area (Å²) in [4.78, 5) is 4.25. The lowest BCUT2D eigenvalue weighted by Crippen LogP contribution is -2.13. The van der Waals surface area contributed by atoms with Gasteiger partial charge in [-0.25, -0.2) is 18.1 Å². The van der Waals surface area contributed by atoms with E-state index in [4.69, 9.17) is 10.7 Å². The Balaban J connectivity index is 2.43. The van der Waals surface area contributed by atoms with Crippen molar-refractivity contribution in [1.29, 1.82) is 0 Å². The SMILES string of the molecule is Cc1nn(Cc2ncnn2C(C)C)c(C)c1S(=O)(=O)Cl. The molecule has 0 saturated carbocycles. The summed E-state index contributed by atoms with van der Waals surface area (Å²) in [5.41, 5.74) is 0.879. The highest BCUT2D eigenvalue weighted by Crippen LogP contribution is 2.23. The van der Waals surface area contributed by atoms with Crippen LogP contribution in [0, 0.1) is 13.8 Å². The van der Waals surface area contributed by atoms with Crippen LogP contribution in [0.5, 0.6) is 0 Å². The summed E-state index contributed by atoms with van der Waals surface area (Å²) in [5.74, 6) is 0.712. The van der Waals surface area contributed by atoms with Gasteiger partial charge in [0.15, 0.2) is 0 Å². The van der Waals surface area contributed by atoms with E-state index in [0.29, 0.717) is 23.8 Å². The molecule has 0 aromatic carbocycles. The minimum Gasteiger partial charge on any atom is -0.261 e. The van der Waals surface area contributed by atoms with Crippen LogP contribution in [0.15, 0.2) is 11.2 Å². The molecule has 0 saturated heterocycles. The van der Waals surface area contributed by atoms with Crippen LogP contribution < -0.4 is 0 Å². The molecule has 7 nitrogen and oxygen atoms in total. The normalized spacial score (nSPS) is 12.3. The molecule has 0 amide bonds. The summed E-state index contributed by atoms with van der Waals surface area (Å²) in [6.45, 7) is 7.62. The molecule has 20 heavy (non-hydrogen) atoms. The fourth-order valence-electron chi connectivity index (χ4n) is 2.14. The second-order valence-electron chi connectivity index (χ2n) is 4.81. The summed E-state index contributed by atoms with van der Waals surface area (Å²) in [6, 6.07) is 0.167. The van der Waals surface area contributed by atoms with Gasteiger partial charge in [-0.2, -0.15) is 10.2 Å². The monoisotopic (exact) mass is 317 g/mol. The summed E-state index contributed by atoms with van der Waals surface area (Å²) in [6.07, 6.45) is 1.47. The number of hydrogen-bond acceptors (Lipinski definition) is 5. The van der Waals surface area contributed by atoms with Crippen molar-refractivity contribution >= 4 is 19.7 Å². The van der Waals surface area contributed by atoms with Gasteiger partial charge in [-0.1, -0.05) is 0 Å². The lowest BCUT2D eigenvalue weighted by molar-refractivity contribution is 0.485. The Kier molecular flexibility index (Phi) is 3.88. The van der Waals surface area contributed by atoms with Crippen LogP contribution in [0.1, 0.15) is 37.1 Å². The van der Waals surface area contributed by atoms with E-state index in [9.17, 15) is 8.42 Å². The lowest BCUT2D eigenvalue weighted by Gasteiger charge is -2.10. The predicted molar refractivity (Wildman–Crippen MR) is 74.2 cm³/mol. The maximum absolute atomic E-state index is 11.5. The molecule has 110 valence electrons. The minimum absolute atomic E-state index is 0.0646. The first-order valence-electron chi connectivity index (χ1n) is 6.09. The summed E-state index contributed by atoms with van der Waals surface area (Å²) in [5, 5.41) is 8.36. The van der Waals surface area contributed by atoms with Crippen molar-refractivity contribution in [3.63, 3.8) is 0 Å². The molecule has 0 atom stereocenters. The number of nitrogens with zero attached hydrogens (tertiary/aromatic N) is 5. The molecule has 0 aliphatic heterocycles. The van der Waals surface area contributed by atoms with E-state index in [1.807, 2.05) is 13.8 Å². The van der Waals surface area contributed by atoms with Crippen LogP contribution in [0.4, 0.5) is 0 Å². The molecule has 2 aromatic heterocycles. The van der Waals surface area contributed by atoms with E-state index >= 15 is 0 Å². The van der Waals surface area contributed by atoms with Crippen LogP contribution in [-0.4, -0.2) is 33.0 Å². The molecule has 0 spiro atoms. The first kappa shape index (κ1) is 15.0. The maximum Gasteiger partial charge on any atom is 0.264 e. The lowest BCUT2D eigenvalue weighted by atomic mass is 10.4. The van der Waals surface area contributed by atoms with Gasteiger partial charge in [0.1, 0.15) is 23.6 Å². The Morgan fingerprint density at radius 1 is 1.35 bits per heavy atom. The van der Waals surface area contributed by atoms with E-state index in [2.05, 4.69) is 15.2 Å². The quantitative estimate of drug-likeness (QED) is 0.801. The number of hydrogen-bond donors (Lipinski definition) is 0. The van der Waals surface area contributed by atoms with Crippen molar-refractivity contribution in [3.05, 3.63) is 23.5 Å². The molecule has 0 bridgehead atoms. The van der Waals surface area contributed by atoms with E-state index in [1.54, 1.807) is 23.2 Å². The van der Waals surface area contributed by atoms with Crippen LogP contribution >= 0.6 is 10.7 Å². The van der Waals surface area contributed by atoms with Crippen molar-refractivity contribution in [1.82, 2.24) is 24.5 Å². The van der Waals surface area contributed by atoms with Crippen LogP contribution in [-0.2, 0) is 15.6 Å². The molecule has 0 aliphatic carbocycles. The summed E-state index contributed by atoms with van der Waals surface area (Å²) in [7, 11) is 1.63. The number of aryl methyl sites for hydroxylation is 1. The Bertz CT molecular complexity index is 732. The van der Waals surface area contributed by atoms with Crippen LogP contribution in [0.3, 0.4) is 0 Å². The Morgan fingerprint density at radius 2 is 2.00 bits per heavy atom. The third-order valence-corrected chi connectivity index (χ3v) is 4.53. The molecular weight excluding hydrogens is 302 g/mol. The van der Waals surface area contributed by atoms with Gasteiger partial charge in [0, 0.05) is 16.7 Å². The molecule has 0 aliphatic rings. The average molecular weight is 318 g/mol. The minimum atomic E-state index is -3.80. The van der Waals surface area contributed by atoms with Gasteiger partial charge in [0.05, 0.1) is 11.4 Å². The predicted octanol–water partition coefficient (Wildman–Crippen LogP) is 1.65. The van der Waals surface area contributed by atoms with E-state index in [-0.39, 0.29) is 10.9 Å². The smallest absolute Gasteiger partial charge is 0.261 e. The van der Waals surface area contributed by atoms with Gasteiger partial charge in [0.2, 0.25) is 0 Å². The van der Waals surface area contributed by atoms with Gasteiger partial charge in [0.25, 0.3) is 9.05 Å². The largest absolute Gasteiger partial charge is 0.264 e. The molecule has 9 heteroatoms. The second-order valence-corrected chi connectivity index (χ2v) is 7.31. The van der Waals surface area contributed by atoms with Crippen LogP contribution in [0.2, 0.25) is 0 Å². The van der Waals surface area contributed by atoms with Crippen molar-refractivity contribution in [2.45, 2.75) is 45.2 Å². The van der Waals surface area contributed by atoms with Gasteiger partial charge in [-0.05, 0) is 27.7 Å². The highest BCUT2D eigenvalue weighted by Gasteiger charge is 2.23. The molecule has 0 fully saturated rings. The molecule has 0 unspecified atom stereocenters. The van der Waals surface area contributed by atoms with Gasteiger partial charge >= 0.3 is 0 Å². The van der Waals surface area contributed by atoms with E-state index in [1.165, 1.54) is 6.33 Å². The second kappa shape index (κ2) is 5.17. The zero-order chi connectivity index (χ0) is 15.1. The first-order valence-corrected chi connectivity index (χ1v) is 8.39. The third kappa shape index (κ3) is 2.71. The van der Waals surface area contributed by atoms with Crippen molar-refractivity contribution in [2.75, 3.05) is 0 Å². The Hall–Kier alpha value is -1.41. The maximum atomic E-state index is 11.5. The van der Waals surface area contributed by atoms with Crippen molar-refractivity contribution in [3.8, 4) is 0 Å². The fourth-order valence-corrected chi connectivity index (χ4v) is 3.66. The first-order chi connectivity index (χ1) is 9.21. The van der Waals surface area contributed by atoms with Crippen molar-refractivity contribution in [2.24, 2.45) is 0 Å². The average Bonchev–Trinajstić information content (AvgIpc) is 2.84. The highest BCUT2D eigenvalue weighted by atomic mass is 35.7. The zero-order valence-corrected chi connectivity index (χ0v) is 13.3. The van der Waals surface area contributed by atoms with Gasteiger partial charge in [-0.3, -0.25) is 4.68 Å². The number of rotatable bonds is 4. The van der Waals surface area contributed by atoms with E-state index < -0.39 is 9.05 Å². The van der Waals surface area contributed by atoms with Crippen LogP contribution in [0.25, 0.3) is 0 Å². The molecule has 2 aromatic rings. The molecule has 0 N–H and O–H groups in total. The fraction of sp³-hybridized carbons (Fsp3) is 0.545. The van der Waals surface area contributed by atoms with Crippen molar-refractivity contribution < 1.29 is 8.42 Å².